The van der Waals surface area contributed by atoms with Crippen molar-refractivity contribution in [2.45, 2.75) is 32.2 Å². The number of nitrogens with two attached hydrogens (primary N) is 1. The SMILES string of the molecule is CCN(C(=O)NC)C(=O)[C@@H]1C[C@@H]2Cc3c(sc(N)c3C#N)C[C@H]2N(C)C1. The van der Waals surface area contributed by atoms with Crippen molar-refractivity contribution in [2.75, 3.05) is 32.9 Å². The van der Waals surface area contributed by atoms with Crippen molar-refractivity contribution in [3.8, 4) is 6.07 Å². The monoisotopic (exact) mass is 375 g/mol. The van der Waals surface area contributed by atoms with Crippen LogP contribution in [0.25, 0.3) is 0 Å². The molecule has 0 radical (unpaired) electrons. The minimum Gasteiger partial charge on any atom is -0.389 e. The molecule has 1 aliphatic heterocycles. The fourth-order valence-corrected chi connectivity index (χ4v) is 5.50. The molecule has 7 nitrogen and oxygen atoms in total. The van der Waals surface area contributed by atoms with Gasteiger partial charge < -0.3 is 16.0 Å². The van der Waals surface area contributed by atoms with Crippen molar-refractivity contribution >= 4 is 28.3 Å². The first-order valence-electron chi connectivity index (χ1n) is 8.94. The number of urea groups is 1. The van der Waals surface area contributed by atoms with E-state index in [1.807, 2.05) is 14.0 Å². The Morgan fingerprint density at radius 2 is 2.19 bits per heavy atom. The number of hydrogen-bond acceptors (Lipinski definition) is 6. The minimum absolute atomic E-state index is 0.117. The van der Waals surface area contributed by atoms with E-state index in [2.05, 4.69) is 16.3 Å². The number of carbonyl (C=O) groups excluding carboxylic acids is 2. The maximum atomic E-state index is 12.9. The highest BCUT2D eigenvalue weighted by Crippen LogP contribution is 2.42. The predicted molar refractivity (Wildman–Crippen MR) is 101 cm³/mol. The second-order valence-electron chi connectivity index (χ2n) is 7.10. The molecule has 26 heavy (non-hydrogen) atoms. The largest absolute Gasteiger partial charge is 0.389 e. The van der Waals surface area contributed by atoms with Gasteiger partial charge >= 0.3 is 6.03 Å². The Morgan fingerprint density at radius 3 is 2.81 bits per heavy atom. The summed E-state index contributed by atoms with van der Waals surface area (Å²) in [4.78, 5) is 29.6. The van der Waals surface area contributed by atoms with Gasteiger partial charge in [-0.05, 0) is 44.7 Å². The summed E-state index contributed by atoms with van der Waals surface area (Å²) in [6.07, 6.45) is 2.39. The normalized spacial score (nSPS) is 24.9. The van der Waals surface area contributed by atoms with Crippen LogP contribution in [-0.2, 0) is 17.6 Å². The molecule has 0 saturated carbocycles. The van der Waals surface area contributed by atoms with Gasteiger partial charge in [-0.1, -0.05) is 0 Å². The van der Waals surface area contributed by atoms with Gasteiger partial charge in [0.15, 0.2) is 0 Å². The molecule has 0 aromatic carbocycles. The second kappa shape index (κ2) is 7.25. The van der Waals surface area contributed by atoms with E-state index in [0.29, 0.717) is 35.6 Å². The van der Waals surface area contributed by atoms with Crippen molar-refractivity contribution in [3.05, 3.63) is 16.0 Å². The number of nitrogens with zero attached hydrogens (tertiary/aromatic N) is 3. The first kappa shape index (κ1) is 18.7. The Balaban J connectivity index is 1.82. The Labute approximate surface area is 157 Å². The van der Waals surface area contributed by atoms with Gasteiger partial charge in [0.1, 0.15) is 11.1 Å². The average Bonchev–Trinajstić information content (AvgIpc) is 2.94. The molecule has 1 saturated heterocycles. The minimum atomic E-state index is -0.356. The van der Waals surface area contributed by atoms with Gasteiger partial charge in [0.2, 0.25) is 5.91 Å². The number of fused-ring (bicyclic) bond motifs is 2. The van der Waals surface area contributed by atoms with Crippen LogP contribution >= 0.6 is 11.3 Å². The van der Waals surface area contributed by atoms with Gasteiger partial charge in [0, 0.05) is 31.1 Å². The third kappa shape index (κ3) is 3.06. The molecule has 0 unspecified atom stereocenters. The summed E-state index contributed by atoms with van der Waals surface area (Å²) in [6, 6.07) is 2.23. The maximum Gasteiger partial charge on any atom is 0.323 e. The van der Waals surface area contributed by atoms with Crippen LogP contribution < -0.4 is 11.1 Å². The molecular weight excluding hydrogens is 350 g/mol. The van der Waals surface area contributed by atoms with Crippen LogP contribution in [-0.4, -0.2) is 55.0 Å². The van der Waals surface area contributed by atoms with E-state index in [1.54, 1.807) is 0 Å². The number of piperidine rings is 1. The summed E-state index contributed by atoms with van der Waals surface area (Å²) in [5.74, 6) is -0.0328. The zero-order valence-corrected chi connectivity index (χ0v) is 16.2. The number of nitrogen functional groups attached to an aromatic ring is 1. The number of anilines is 1. The van der Waals surface area contributed by atoms with Crippen LogP contribution in [0.5, 0.6) is 0 Å². The third-order valence-corrected chi connectivity index (χ3v) is 6.77. The zero-order chi connectivity index (χ0) is 19.0. The quantitative estimate of drug-likeness (QED) is 0.814. The average molecular weight is 375 g/mol. The summed E-state index contributed by atoms with van der Waals surface area (Å²) >= 11 is 1.52. The highest BCUT2D eigenvalue weighted by molar-refractivity contribution is 7.16. The standard InChI is InChI=1S/C18H25N5O2S/c1-4-23(18(25)21-2)17(24)11-5-10-6-12-13(8-19)16(20)26-15(12)7-14(10)22(3)9-11/h10-11,14H,4-7,9,20H2,1-3H3,(H,21,25)/t10-,11-,14-/m1/s1. The molecule has 140 valence electrons. The summed E-state index contributed by atoms with van der Waals surface area (Å²) in [7, 11) is 3.58. The fraction of sp³-hybridized carbons (Fsp3) is 0.611. The molecular formula is C18H25N5O2S. The van der Waals surface area contributed by atoms with Crippen LogP contribution in [0.2, 0.25) is 0 Å². The highest BCUT2D eigenvalue weighted by atomic mass is 32.1. The summed E-state index contributed by atoms with van der Waals surface area (Å²) < 4.78 is 0. The first-order chi connectivity index (χ1) is 12.4. The lowest BCUT2D eigenvalue weighted by Crippen LogP contribution is -2.55. The van der Waals surface area contributed by atoms with Crippen molar-refractivity contribution in [1.29, 1.82) is 5.26 Å². The van der Waals surface area contributed by atoms with Crippen molar-refractivity contribution in [1.82, 2.24) is 15.1 Å². The van der Waals surface area contributed by atoms with Crippen LogP contribution in [0, 0.1) is 23.2 Å². The number of amides is 3. The second-order valence-corrected chi connectivity index (χ2v) is 8.24. The summed E-state index contributed by atoms with van der Waals surface area (Å²) in [6.45, 7) is 2.81. The van der Waals surface area contributed by atoms with Crippen LogP contribution in [0.1, 0.15) is 29.3 Å². The molecule has 3 N–H and O–H groups in total. The molecule has 1 aliphatic carbocycles. The zero-order valence-electron chi connectivity index (χ0n) is 15.4. The van der Waals surface area contributed by atoms with Crippen molar-refractivity contribution in [3.63, 3.8) is 0 Å². The van der Waals surface area contributed by atoms with E-state index < -0.39 is 0 Å². The molecule has 0 bridgehead atoms. The number of carbonyl (C=O) groups is 2. The molecule has 2 aliphatic rings. The van der Waals surface area contributed by atoms with Crippen LogP contribution in [0.3, 0.4) is 0 Å². The Morgan fingerprint density at radius 1 is 1.46 bits per heavy atom. The van der Waals surface area contributed by atoms with Crippen LogP contribution in [0.15, 0.2) is 0 Å². The Hall–Kier alpha value is -2.11. The number of thiophene rings is 1. The maximum absolute atomic E-state index is 12.9. The van der Waals surface area contributed by atoms with E-state index in [4.69, 9.17) is 5.73 Å². The topological polar surface area (TPSA) is 102 Å². The molecule has 1 fully saturated rings. The molecule has 2 heterocycles. The van der Waals surface area contributed by atoms with Crippen LogP contribution in [0.4, 0.5) is 9.80 Å². The van der Waals surface area contributed by atoms with E-state index in [0.717, 1.165) is 24.8 Å². The molecule has 0 spiro atoms. The number of nitriles is 1. The molecule has 8 heteroatoms. The van der Waals surface area contributed by atoms with E-state index in [1.165, 1.54) is 28.2 Å². The summed E-state index contributed by atoms with van der Waals surface area (Å²) in [5.41, 5.74) is 7.69. The molecule has 3 rings (SSSR count). The van der Waals surface area contributed by atoms with Gasteiger partial charge in [-0.3, -0.25) is 9.69 Å². The first-order valence-corrected chi connectivity index (χ1v) is 9.76. The van der Waals surface area contributed by atoms with E-state index in [-0.39, 0.29) is 17.9 Å². The molecule has 3 amide bonds. The lowest BCUT2D eigenvalue weighted by atomic mass is 9.74. The number of likely N-dealkylation sites (tertiary alicyclic amines) is 1. The number of nitrogens with one attached hydrogen (secondary N) is 1. The third-order valence-electron chi connectivity index (χ3n) is 5.69. The van der Waals surface area contributed by atoms with Crippen molar-refractivity contribution < 1.29 is 9.59 Å². The number of imide groups is 1. The van der Waals surface area contributed by atoms with Gasteiger partial charge in [-0.25, -0.2) is 4.79 Å². The number of likely N-dealkylation sites (N-methyl/N-ethyl adjacent to an activating group) is 1. The Bertz CT molecular complexity index is 768. The van der Waals surface area contributed by atoms with E-state index >= 15 is 0 Å². The fourth-order valence-electron chi connectivity index (χ4n) is 4.40. The molecule has 1 aromatic rings. The molecule has 1 aromatic heterocycles. The predicted octanol–water partition coefficient (Wildman–Crippen LogP) is 1.42. The molecule has 3 atom stereocenters. The number of hydrogen-bond donors (Lipinski definition) is 2. The van der Waals surface area contributed by atoms with Gasteiger partial charge in [0.05, 0.1) is 11.5 Å². The van der Waals surface area contributed by atoms with E-state index in [9.17, 15) is 14.9 Å². The van der Waals surface area contributed by atoms with Gasteiger partial charge in [0.25, 0.3) is 0 Å². The van der Waals surface area contributed by atoms with Crippen molar-refractivity contribution in [2.24, 2.45) is 11.8 Å². The van der Waals surface area contributed by atoms with Gasteiger partial charge in [-0.15, -0.1) is 11.3 Å². The summed E-state index contributed by atoms with van der Waals surface area (Å²) in [5, 5.41) is 12.5. The number of rotatable bonds is 2. The smallest absolute Gasteiger partial charge is 0.323 e. The van der Waals surface area contributed by atoms with Gasteiger partial charge in [-0.2, -0.15) is 5.26 Å². The lowest BCUT2D eigenvalue weighted by Gasteiger charge is -2.45. The highest BCUT2D eigenvalue weighted by Gasteiger charge is 2.42. The Kier molecular flexibility index (Phi) is 5.21. The lowest BCUT2D eigenvalue weighted by molar-refractivity contribution is -0.135.